The van der Waals surface area contributed by atoms with Crippen LogP contribution < -0.4 is 14.8 Å². The fraction of sp³-hybridized carbons (Fsp3) is 0.529. The Morgan fingerprint density at radius 2 is 1.88 bits per heavy atom. The lowest BCUT2D eigenvalue weighted by atomic mass is 10.0. The van der Waals surface area contributed by atoms with Gasteiger partial charge in [0.05, 0.1) is 30.5 Å². The molecule has 2 aliphatic heterocycles. The van der Waals surface area contributed by atoms with Crippen molar-refractivity contribution in [3.8, 4) is 11.5 Å². The molecule has 7 nitrogen and oxygen atoms in total. The van der Waals surface area contributed by atoms with E-state index >= 15 is 0 Å². The van der Waals surface area contributed by atoms with E-state index in [1.165, 1.54) is 0 Å². The van der Waals surface area contributed by atoms with E-state index in [4.69, 9.17) is 21.1 Å². The van der Waals surface area contributed by atoms with Crippen molar-refractivity contribution in [1.82, 2.24) is 4.90 Å². The van der Waals surface area contributed by atoms with Gasteiger partial charge in [-0.25, -0.2) is 0 Å². The molecular weight excluding hydrogens is 383 g/mol. The Bertz CT molecular complexity index is 671. The number of anilines is 1. The largest absolute Gasteiger partial charge is 0.490 e. The first kappa shape index (κ1) is 20.6. The van der Waals surface area contributed by atoms with Crippen molar-refractivity contribution in [1.29, 1.82) is 0 Å². The summed E-state index contributed by atoms with van der Waals surface area (Å²) in [5, 5.41) is 12.4. The van der Waals surface area contributed by atoms with Gasteiger partial charge in [-0.05, 0) is 19.4 Å². The quantitative estimate of drug-likeness (QED) is 0.801. The summed E-state index contributed by atoms with van der Waals surface area (Å²) in [4.78, 5) is 25.4. The molecule has 3 rings (SSSR count). The molecule has 1 atom stereocenters. The second kappa shape index (κ2) is 9.30. The van der Waals surface area contributed by atoms with Gasteiger partial charge in [0.1, 0.15) is 6.04 Å². The molecule has 0 spiro atoms. The summed E-state index contributed by atoms with van der Waals surface area (Å²) in [5.74, 6) is -0.0910. The number of halogens is 2. The van der Waals surface area contributed by atoms with Crippen LogP contribution in [0.1, 0.15) is 25.7 Å². The number of amides is 1. The molecule has 1 aromatic carbocycles. The molecule has 1 unspecified atom stereocenters. The standard InChI is InChI=1S/C17H21ClN2O5.ClH/c18-11-8-14-15(25-7-3-6-24-14)9-12(11)19-16(21)10-20-5-2-1-4-13(20)17(22)23;/h8-9,13H,1-7,10H2,(H,19,21)(H,22,23);1H. The average molecular weight is 405 g/mol. The average Bonchev–Trinajstić information content (AvgIpc) is 2.80. The smallest absolute Gasteiger partial charge is 0.320 e. The molecular formula is C17H22Cl2N2O5. The number of carbonyl (C=O) groups excluding carboxylic acids is 1. The van der Waals surface area contributed by atoms with Crippen LogP contribution in [-0.2, 0) is 9.59 Å². The number of hydrogen-bond acceptors (Lipinski definition) is 5. The summed E-state index contributed by atoms with van der Waals surface area (Å²) >= 11 is 6.22. The summed E-state index contributed by atoms with van der Waals surface area (Å²) in [6.07, 6.45) is 3.10. The molecule has 26 heavy (non-hydrogen) atoms. The third-order valence-corrected chi connectivity index (χ3v) is 4.67. The van der Waals surface area contributed by atoms with Crippen molar-refractivity contribution >= 4 is 41.6 Å². The molecule has 0 saturated carbocycles. The van der Waals surface area contributed by atoms with E-state index in [9.17, 15) is 14.7 Å². The minimum absolute atomic E-state index is 0. The fourth-order valence-electron chi connectivity index (χ4n) is 3.11. The Labute approximate surface area is 163 Å². The Kier molecular flexibility index (Phi) is 7.37. The van der Waals surface area contributed by atoms with Crippen molar-refractivity contribution in [2.75, 3.05) is 31.6 Å². The van der Waals surface area contributed by atoms with Crippen molar-refractivity contribution in [2.45, 2.75) is 31.7 Å². The molecule has 2 heterocycles. The Hall–Kier alpha value is -1.70. The van der Waals surface area contributed by atoms with Crippen LogP contribution in [0.25, 0.3) is 0 Å². The number of hydrogen-bond donors (Lipinski definition) is 2. The Morgan fingerprint density at radius 3 is 2.58 bits per heavy atom. The van der Waals surface area contributed by atoms with E-state index in [0.29, 0.717) is 48.4 Å². The first-order valence-electron chi connectivity index (χ1n) is 8.40. The zero-order chi connectivity index (χ0) is 17.8. The number of fused-ring (bicyclic) bond motifs is 1. The molecule has 1 amide bonds. The highest BCUT2D eigenvalue weighted by molar-refractivity contribution is 6.34. The number of carbonyl (C=O) groups is 2. The second-order valence-corrected chi connectivity index (χ2v) is 6.60. The van der Waals surface area contributed by atoms with Crippen LogP contribution in [0.2, 0.25) is 5.02 Å². The third-order valence-electron chi connectivity index (χ3n) is 4.36. The lowest BCUT2D eigenvalue weighted by Gasteiger charge is -2.32. The van der Waals surface area contributed by atoms with Crippen LogP contribution in [0, 0.1) is 0 Å². The highest BCUT2D eigenvalue weighted by Gasteiger charge is 2.29. The Balaban J connectivity index is 0.00000243. The van der Waals surface area contributed by atoms with Gasteiger partial charge in [0.2, 0.25) is 5.91 Å². The maximum Gasteiger partial charge on any atom is 0.320 e. The van der Waals surface area contributed by atoms with Crippen LogP contribution in [0.5, 0.6) is 11.5 Å². The lowest BCUT2D eigenvalue weighted by molar-refractivity contribution is -0.145. The summed E-state index contributed by atoms with van der Waals surface area (Å²) in [7, 11) is 0. The minimum atomic E-state index is -0.888. The molecule has 0 aromatic heterocycles. The zero-order valence-electron chi connectivity index (χ0n) is 14.2. The molecule has 0 radical (unpaired) electrons. The molecule has 0 aliphatic carbocycles. The summed E-state index contributed by atoms with van der Waals surface area (Å²) in [6, 6.07) is 2.66. The van der Waals surface area contributed by atoms with E-state index in [1.807, 2.05) is 0 Å². The molecule has 0 bridgehead atoms. The monoisotopic (exact) mass is 404 g/mol. The fourth-order valence-corrected chi connectivity index (χ4v) is 3.31. The van der Waals surface area contributed by atoms with Crippen LogP contribution in [0.4, 0.5) is 5.69 Å². The molecule has 2 N–H and O–H groups in total. The zero-order valence-corrected chi connectivity index (χ0v) is 15.8. The third kappa shape index (κ3) is 4.93. The van der Waals surface area contributed by atoms with E-state index < -0.39 is 12.0 Å². The minimum Gasteiger partial charge on any atom is -0.490 e. The molecule has 2 aliphatic rings. The van der Waals surface area contributed by atoms with Crippen LogP contribution >= 0.6 is 24.0 Å². The lowest BCUT2D eigenvalue weighted by Crippen LogP contribution is -2.47. The van der Waals surface area contributed by atoms with Gasteiger partial charge in [-0.2, -0.15) is 0 Å². The highest BCUT2D eigenvalue weighted by atomic mass is 35.5. The summed E-state index contributed by atoms with van der Waals surface area (Å²) in [5.41, 5.74) is 0.430. The summed E-state index contributed by atoms with van der Waals surface area (Å²) < 4.78 is 11.2. The number of ether oxygens (including phenoxy) is 2. The molecule has 9 heteroatoms. The predicted molar refractivity (Wildman–Crippen MR) is 99.8 cm³/mol. The predicted octanol–water partition coefficient (Wildman–Crippen LogP) is 2.80. The van der Waals surface area contributed by atoms with Crippen molar-refractivity contribution in [2.24, 2.45) is 0 Å². The van der Waals surface area contributed by atoms with Gasteiger partial charge in [0, 0.05) is 18.6 Å². The van der Waals surface area contributed by atoms with E-state index in [0.717, 1.165) is 19.3 Å². The van der Waals surface area contributed by atoms with Crippen LogP contribution in [0.3, 0.4) is 0 Å². The number of likely N-dealkylation sites (tertiary alicyclic amines) is 1. The van der Waals surface area contributed by atoms with Gasteiger partial charge < -0.3 is 19.9 Å². The maximum atomic E-state index is 12.4. The topological polar surface area (TPSA) is 88.1 Å². The van der Waals surface area contributed by atoms with Crippen molar-refractivity contribution < 1.29 is 24.2 Å². The highest BCUT2D eigenvalue weighted by Crippen LogP contribution is 2.37. The van der Waals surface area contributed by atoms with Gasteiger partial charge in [0.25, 0.3) is 0 Å². The van der Waals surface area contributed by atoms with Gasteiger partial charge in [-0.3, -0.25) is 14.5 Å². The molecule has 144 valence electrons. The normalized spacial score (nSPS) is 19.8. The van der Waals surface area contributed by atoms with E-state index in [2.05, 4.69) is 5.32 Å². The number of rotatable bonds is 4. The number of nitrogens with zero attached hydrogens (tertiary/aromatic N) is 1. The number of carboxylic acids is 1. The first-order chi connectivity index (χ1) is 12.0. The van der Waals surface area contributed by atoms with Crippen LogP contribution in [0.15, 0.2) is 12.1 Å². The number of carboxylic acid groups (broad SMARTS) is 1. The molecule has 1 aromatic rings. The second-order valence-electron chi connectivity index (χ2n) is 6.20. The van der Waals surface area contributed by atoms with Gasteiger partial charge in [0.15, 0.2) is 11.5 Å². The van der Waals surface area contributed by atoms with Gasteiger partial charge in [-0.1, -0.05) is 18.0 Å². The SMILES string of the molecule is Cl.O=C(CN1CCCCC1C(=O)O)Nc1cc2c(cc1Cl)OCCCO2. The van der Waals surface area contributed by atoms with Crippen molar-refractivity contribution in [3.05, 3.63) is 17.2 Å². The first-order valence-corrected chi connectivity index (χ1v) is 8.78. The van der Waals surface area contributed by atoms with E-state index in [-0.39, 0.29) is 24.9 Å². The number of nitrogens with one attached hydrogen (secondary N) is 1. The van der Waals surface area contributed by atoms with E-state index in [1.54, 1.807) is 17.0 Å². The number of aliphatic carboxylic acids is 1. The maximum absolute atomic E-state index is 12.4. The van der Waals surface area contributed by atoms with Crippen molar-refractivity contribution in [3.63, 3.8) is 0 Å². The van der Waals surface area contributed by atoms with Gasteiger partial charge in [-0.15, -0.1) is 12.4 Å². The molecule has 1 fully saturated rings. The van der Waals surface area contributed by atoms with Crippen LogP contribution in [-0.4, -0.2) is 54.2 Å². The number of benzene rings is 1. The summed E-state index contributed by atoms with van der Waals surface area (Å²) in [6.45, 7) is 1.71. The Morgan fingerprint density at radius 1 is 1.19 bits per heavy atom. The molecule has 1 saturated heterocycles. The number of piperidine rings is 1. The van der Waals surface area contributed by atoms with Gasteiger partial charge >= 0.3 is 5.97 Å².